The predicted molar refractivity (Wildman–Crippen MR) is 123 cm³/mol. The summed E-state index contributed by atoms with van der Waals surface area (Å²) in [5, 5.41) is 5.50. The second-order valence-electron chi connectivity index (χ2n) is 8.87. The van der Waals surface area contributed by atoms with Gasteiger partial charge >= 0.3 is 0 Å². The van der Waals surface area contributed by atoms with Crippen molar-refractivity contribution in [3.63, 3.8) is 0 Å². The Morgan fingerprint density at radius 2 is 2.03 bits per heavy atom. The predicted octanol–water partition coefficient (Wildman–Crippen LogP) is 3.64. The molecule has 5 rings (SSSR count). The lowest BCUT2D eigenvalue weighted by atomic mass is 9.96. The van der Waals surface area contributed by atoms with Crippen molar-refractivity contribution in [2.75, 3.05) is 32.8 Å². The number of ether oxygens (including phenoxy) is 1. The van der Waals surface area contributed by atoms with Gasteiger partial charge in [-0.3, -0.25) is 14.4 Å². The van der Waals surface area contributed by atoms with Crippen LogP contribution in [0.5, 0.6) is 5.75 Å². The van der Waals surface area contributed by atoms with Gasteiger partial charge in [-0.15, -0.1) is 0 Å². The Kier molecular flexibility index (Phi) is 6.17. The van der Waals surface area contributed by atoms with Gasteiger partial charge in [0.1, 0.15) is 17.1 Å². The smallest absolute Gasteiger partial charge is 0.260 e. The van der Waals surface area contributed by atoms with E-state index in [1.165, 1.54) is 24.0 Å². The van der Waals surface area contributed by atoms with Crippen LogP contribution in [0, 0.1) is 0 Å². The van der Waals surface area contributed by atoms with Gasteiger partial charge in [-0.1, -0.05) is 0 Å². The Labute approximate surface area is 188 Å². The first kappa shape index (κ1) is 21.1. The van der Waals surface area contributed by atoms with Gasteiger partial charge in [0.05, 0.1) is 6.20 Å². The van der Waals surface area contributed by atoms with Gasteiger partial charge in [-0.25, -0.2) is 0 Å². The summed E-state index contributed by atoms with van der Waals surface area (Å²) in [6.45, 7) is 7.32. The van der Waals surface area contributed by atoms with Crippen LogP contribution in [0.15, 0.2) is 35.0 Å². The summed E-state index contributed by atoms with van der Waals surface area (Å²) in [6, 6.07) is 5.92. The van der Waals surface area contributed by atoms with E-state index >= 15 is 0 Å². The van der Waals surface area contributed by atoms with E-state index in [0.29, 0.717) is 0 Å². The molecule has 1 fully saturated rings. The summed E-state index contributed by atoms with van der Waals surface area (Å²) in [5.41, 5.74) is 3.47. The van der Waals surface area contributed by atoms with Crippen LogP contribution in [0.1, 0.15) is 43.1 Å². The van der Waals surface area contributed by atoms with E-state index in [9.17, 15) is 4.79 Å². The number of amides is 1. The third kappa shape index (κ3) is 4.53. The van der Waals surface area contributed by atoms with Crippen LogP contribution >= 0.6 is 0 Å². The number of hydrogen-bond acceptors (Lipinski definition) is 5. The number of hydrogen-bond donors (Lipinski definition) is 0. The summed E-state index contributed by atoms with van der Waals surface area (Å²) < 4.78 is 13.9. The third-order valence-corrected chi connectivity index (χ3v) is 6.65. The van der Waals surface area contributed by atoms with Crippen molar-refractivity contribution in [3.8, 4) is 5.75 Å². The molecule has 1 amide bonds. The molecule has 170 valence electrons. The van der Waals surface area contributed by atoms with E-state index in [1.54, 1.807) is 0 Å². The molecule has 0 spiro atoms. The zero-order valence-corrected chi connectivity index (χ0v) is 18.9. The molecular weight excluding hydrogens is 404 g/mol. The monoisotopic (exact) mass is 436 g/mol. The highest BCUT2D eigenvalue weighted by atomic mass is 16.5. The molecule has 32 heavy (non-hydrogen) atoms. The van der Waals surface area contributed by atoms with Gasteiger partial charge in [-0.05, 0) is 50.8 Å². The first-order valence-electron chi connectivity index (χ1n) is 11.9. The minimum atomic E-state index is 0.0555. The van der Waals surface area contributed by atoms with Crippen LogP contribution in [0.3, 0.4) is 0 Å². The molecule has 7 nitrogen and oxygen atoms in total. The number of aryl methyl sites for hydroxylation is 3. The van der Waals surface area contributed by atoms with E-state index in [1.807, 2.05) is 34.0 Å². The lowest BCUT2D eigenvalue weighted by molar-refractivity contribution is -0.133. The van der Waals surface area contributed by atoms with Crippen molar-refractivity contribution >= 4 is 16.9 Å². The van der Waals surface area contributed by atoms with Crippen LogP contribution in [-0.4, -0.2) is 58.3 Å². The summed E-state index contributed by atoms with van der Waals surface area (Å²) in [6.07, 6.45) is 9.51. The fraction of sp³-hybridized carbons (Fsp3) is 0.520. The van der Waals surface area contributed by atoms with Gasteiger partial charge in [0.25, 0.3) is 5.91 Å². The number of aromatic nitrogens is 2. The number of nitrogens with zero attached hydrogens (tertiary/aromatic N) is 4. The van der Waals surface area contributed by atoms with Crippen molar-refractivity contribution < 1.29 is 13.9 Å². The Balaban J connectivity index is 1.15. The number of rotatable bonds is 6. The second-order valence-corrected chi connectivity index (χ2v) is 8.87. The van der Waals surface area contributed by atoms with Crippen LogP contribution in [0.25, 0.3) is 11.0 Å². The van der Waals surface area contributed by atoms with Crippen molar-refractivity contribution in [2.45, 2.75) is 52.1 Å². The van der Waals surface area contributed by atoms with Crippen molar-refractivity contribution in [1.29, 1.82) is 0 Å². The van der Waals surface area contributed by atoms with E-state index < -0.39 is 0 Å². The fourth-order valence-electron chi connectivity index (χ4n) is 4.87. The van der Waals surface area contributed by atoms with Crippen LogP contribution in [-0.2, 0) is 30.7 Å². The molecule has 0 saturated carbocycles. The maximum Gasteiger partial charge on any atom is 0.260 e. The summed E-state index contributed by atoms with van der Waals surface area (Å²) in [4.78, 5) is 17.2. The number of carbonyl (C=O) groups is 1. The molecular formula is C25H32N4O3. The molecule has 1 aliphatic heterocycles. The van der Waals surface area contributed by atoms with Crippen molar-refractivity contribution in [1.82, 2.24) is 19.6 Å². The molecule has 2 aliphatic rings. The standard InChI is InChI=1S/C25H32N4O3/c1-2-29-17-19(15-26-29)16-27-10-5-11-28(13-12-27)25(30)18-31-20-8-9-24-22(14-20)21-6-3-4-7-23(21)32-24/h8-9,14-15,17H,2-7,10-13,16,18H2,1H3. The van der Waals surface area contributed by atoms with E-state index in [0.717, 1.165) is 81.0 Å². The van der Waals surface area contributed by atoms with Crippen LogP contribution in [0.2, 0.25) is 0 Å². The summed E-state index contributed by atoms with van der Waals surface area (Å²) >= 11 is 0. The van der Waals surface area contributed by atoms with Gasteiger partial charge in [0, 0.05) is 68.4 Å². The summed E-state index contributed by atoms with van der Waals surface area (Å²) in [5.74, 6) is 1.92. The number of carbonyl (C=O) groups excluding carboxylic acids is 1. The molecule has 1 aliphatic carbocycles. The zero-order valence-electron chi connectivity index (χ0n) is 18.9. The Morgan fingerprint density at radius 1 is 1.12 bits per heavy atom. The third-order valence-electron chi connectivity index (χ3n) is 6.65. The SMILES string of the molecule is CCn1cc(CN2CCCN(C(=O)COc3ccc4oc5c(c4c3)CCCC5)CC2)cn1. The topological polar surface area (TPSA) is 63.7 Å². The molecule has 2 aromatic heterocycles. The molecule has 7 heteroatoms. The first-order valence-corrected chi connectivity index (χ1v) is 11.9. The lowest BCUT2D eigenvalue weighted by Crippen LogP contribution is -2.38. The zero-order chi connectivity index (χ0) is 21.9. The molecule has 3 aromatic rings. The Bertz CT molecular complexity index is 1090. The largest absolute Gasteiger partial charge is 0.484 e. The molecule has 0 atom stereocenters. The van der Waals surface area contributed by atoms with Crippen LogP contribution in [0.4, 0.5) is 0 Å². The lowest BCUT2D eigenvalue weighted by Gasteiger charge is -2.21. The van der Waals surface area contributed by atoms with Gasteiger partial charge in [0.2, 0.25) is 0 Å². The highest BCUT2D eigenvalue weighted by molar-refractivity contribution is 5.84. The number of furan rings is 1. The molecule has 0 unspecified atom stereocenters. The van der Waals surface area contributed by atoms with Crippen molar-refractivity contribution in [2.24, 2.45) is 0 Å². The molecule has 0 radical (unpaired) electrons. The van der Waals surface area contributed by atoms with E-state index in [-0.39, 0.29) is 12.5 Å². The van der Waals surface area contributed by atoms with Crippen molar-refractivity contribution in [3.05, 3.63) is 47.5 Å². The highest BCUT2D eigenvalue weighted by Crippen LogP contribution is 2.33. The van der Waals surface area contributed by atoms with Gasteiger partial charge < -0.3 is 14.1 Å². The molecule has 3 heterocycles. The number of fused-ring (bicyclic) bond motifs is 3. The second kappa shape index (κ2) is 9.36. The molecule has 1 saturated heterocycles. The normalized spacial score (nSPS) is 17.3. The fourth-order valence-corrected chi connectivity index (χ4v) is 4.87. The summed E-state index contributed by atoms with van der Waals surface area (Å²) in [7, 11) is 0. The van der Waals surface area contributed by atoms with Gasteiger partial charge in [-0.2, -0.15) is 5.10 Å². The molecule has 0 N–H and O–H groups in total. The van der Waals surface area contributed by atoms with Gasteiger partial charge in [0.15, 0.2) is 6.61 Å². The Morgan fingerprint density at radius 3 is 2.91 bits per heavy atom. The number of benzene rings is 1. The first-order chi connectivity index (χ1) is 15.7. The average Bonchev–Trinajstić information content (AvgIpc) is 3.35. The minimum Gasteiger partial charge on any atom is -0.484 e. The Hall–Kier alpha value is -2.80. The highest BCUT2D eigenvalue weighted by Gasteiger charge is 2.21. The minimum absolute atomic E-state index is 0.0555. The quantitative estimate of drug-likeness (QED) is 0.590. The average molecular weight is 437 g/mol. The maximum atomic E-state index is 12.8. The van der Waals surface area contributed by atoms with E-state index in [2.05, 4.69) is 23.1 Å². The maximum absolute atomic E-state index is 12.8. The van der Waals surface area contributed by atoms with E-state index in [4.69, 9.17) is 9.15 Å². The van der Waals surface area contributed by atoms with Crippen LogP contribution < -0.4 is 4.74 Å². The molecule has 1 aromatic carbocycles. The molecule has 0 bridgehead atoms.